The smallest absolute Gasteiger partial charge is 0.404 e. The van der Waals surface area contributed by atoms with Gasteiger partial charge in [-0.1, -0.05) is 13.3 Å². The zero-order valence-electron chi connectivity index (χ0n) is 9.80. The summed E-state index contributed by atoms with van der Waals surface area (Å²) in [5.74, 6) is -2.29. The number of unbranched alkanes of at least 4 members (excludes halogenated alkanes) is 1. The van der Waals surface area contributed by atoms with Gasteiger partial charge in [-0.25, -0.2) is 0 Å². The van der Waals surface area contributed by atoms with Gasteiger partial charge < -0.3 is 10.5 Å². The fraction of sp³-hybridized carbons (Fsp3) is 0.909. The molecule has 3 nitrogen and oxygen atoms in total. The van der Waals surface area contributed by atoms with E-state index >= 15 is 0 Å². The van der Waals surface area contributed by atoms with Gasteiger partial charge in [-0.2, -0.15) is 13.2 Å². The van der Waals surface area contributed by atoms with Crippen molar-refractivity contribution in [3.05, 3.63) is 0 Å². The molecule has 0 radical (unpaired) electrons. The first-order chi connectivity index (χ1) is 7.88. The largest absolute Gasteiger partial charge is 0.465 e. The molecular formula is C11H18F3NO2. The van der Waals surface area contributed by atoms with Gasteiger partial charge in [0, 0.05) is 0 Å². The molecule has 1 fully saturated rings. The second-order valence-corrected chi connectivity index (χ2v) is 4.45. The Morgan fingerprint density at radius 2 is 2.06 bits per heavy atom. The van der Waals surface area contributed by atoms with Gasteiger partial charge in [-0.3, -0.25) is 4.79 Å². The minimum Gasteiger partial charge on any atom is -0.465 e. The molecule has 0 aliphatic heterocycles. The summed E-state index contributed by atoms with van der Waals surface area (Å²) in [6.07, 6.45) is -1.82. The molecule has 0 aromatic rings. The van der Waals surface area contributed by atoms with E-state index in [0.29, 0.717) is 19.3 Å². The van der Waals surface area contributed by atoms with Crippen molar-refractivity contribution in [1.82, 2.24) is 0 Å². The molecule has 2 N–H and O–H groups in total. The van der Waals surface area contributed by atoms with Crippen molar-refractivity contribution in [2.75, 3.05) is 6.61 Å². The van der Waals surface area contributed by atoms with E-state index < -0.39 is 24.1 Å². The molecule has 1 aliphatic rings. The molecule has 0 spiro atoms. The molecule has 1 saturated carbocycles. The standard InChI is InChI=1S/C11H18F3NO2/c1-2-3-6-17-10(16)8(7-4-5-7)9(15)11(12,13)14/h7-9H,2-6,15H2,1H3/t8-,9-/m1/s1. The van der Waals surface area contributed by atoms with E-state index in [-0.39, 0.29) is 12.5 Å². The van der Waals surface area contributed by atoms with Crippen LogP contribution >= 0.6 is 0 Å². The van der Waals surface area contributed by atoms with Crippen LogP contribution in [0.25, 0.3) is 0 Å². The van der Waals surface area contributed by atoms with E-state index in [1.807, 2.05) is 6.92 Å². The van der Waals surface area contributed by atoms with E-state index in [2.05, 4.69) is 0 Å². The molecule has 0 bridgehead atoms. The summed E-state index contributed by atoms with van der Waals surface area (Å²) in [6, 6.07) is -2.11. The van der Waals surface area contributed by atoms with E-state index in [9.17, 15) is 18.0 Å². The number of alkyl halides is 3. The Bertz CT molecular complexity index is 264. The lowest BCUT2D eigenvalue weighted by Crippen LogP contribution is -2.48. The molecule has 0 heterocycles. The van der Waals surface area contributed by atoms with Gasteiger partial charge in [-0.15, -0.1) is 0 Å². The molecule has 6 heteroatoms. The Labute approximate surface area is 98.5 Å². The number of hydrogen-bond donors (Lipinski definition) is 1. The summed E-state index contributed by atoms with van der Waals surface area (Å²) in [7, 11) is 0. The van der Waals surface area contributed by atoms with Crippen molar-refractivity contribution < 1.29 is 22.7 Å². The minimum absolute atomic E-state index is 0.170. The third-order valence-corrected chi connectivity index (χ3v) is 2.91. The molecule has 1 rings (SSSR count). The second kappa shape index (κ2) is 5.71. The zero-order chi connectivity index (χ0) is 13.1. The van der Waals surface area contributed by atoms with Crippen molar-refractivity contribution in [3.8, 4) is 0 Å². The Kier molecular flexibility index (Phi) is 4.80. The van der Waals surface area contributed by atoms with Gasteiger partial charge in [0.25, 0.3) is 0 Å². The number of ether oxygens (including phenoxy) is 1. The van der Waals surface area contributed by atoms with Crippen molar-refractivity contribution in [2.24, 2.45) is 17.6 Å². The number of rotatable bonds is 6. The molecule has 17 heavy (non-hydrogen) atoms. The normalized spacial score (nSPS) is 19.8. The molecular weight excluding hydrogens is 235 g/mol. The van der Waals surface area contributed by atoms with E-state index in [1.165, 1.54) is 0 Å². The van der Waals surface area contributed by atoms with Gasteiger partial charge in [0.1, 0.15) is 6.04 Å². The zero-order valence-corrected chi connectivity index (χ0v) is 9.80. The van der Waals surface area contributed by atoms with Gasteiger partial charge in [0.2, 0.25) is 0 Å². The highest BCUT2D eigenvalue weighted by Crippen LogP contribution is 2.42. The minimum atomic E-state index is -4.54. The highest BCUT2D eigenvalue weighted by Gasteiger charge is 2.51. The Morgan fingerprint density at radius 3 is 2.47 bits per heavy atom. The van der Waals surface area contributed by atoms with Gasteiger partial charge >= 0.3 is 12.1 Å². The Morgan fingerprint density at radius 1 is 1.47 bits per heavy atom. The summed E-state index contributed by atoms with van der Waals surface area (Å²) in [4.78, 5) is 11.6. The third-order valence-electron chi connectivity index (χ3n) is 2.91. The summed E-state index contributed by atoms with van der Waals surface area (Å²) < 4.78 is 42.4. The summed E-state index contributed by atoms with van der Waals surface area (Å²) >= 11 is 0. The molecule has 0 aromatic heterocycles. The van der Waals surface area contributed by atoms with Crippen molar-refractivity contribution in [2.45, 2.75) is 44.8 Å². The quantitative estimate of drug-likeness (QED) is 0.583. The van der Waals surface area contributed by atoms with Gasteiger partial charge in [-0.05, 0) is 25.2 Å². The SMILES string of the molecule is CCCCOC(=O)[C@H](C1CC1)[C@@H](N)C(F)(F)F. The van der Waals surface area contributed by atoms with Crippen LogP contribution in [0.2, 0.25) is 0 Å². The summed E-state index contributed by atoms with van der Waals surface area (Å²) in [5, 5.41) is 0. The lowest BCUT2D eigenvalue weighted by Gasteiger charge is -2.24. The fourth-order valence-electron chi connectivity index (χ4n) is 1.70. The Hall–Kier alpha value is -0.780. The topological polar surface area (TPSA) is 52.3 Å². The molecule has 2 atom stereocenters. The number of carbonyl (C=O) groups excluding carboxylic acids is 1. The molecule has 0 saturated heterocycles. The van der Waals surface area contributed by atoms with Crippen LogP contribution in [-0.2, 0) is 9.53 Å². The third kappa shape index (κ3) is 4.18. The highest BCUT2D eigenvalue weighted by molar-refractivity contribution is 5.74. The van der Waals surface area contributed by atoms with Crippen LogP contribution in [0.15, 0.2) is 0 Å². The number of carbonyl (C=O) groups is 1. The maximum absolute atomic E-state index is 12.5. The summed E-state index contributed by atoms with van der Waals surface area (Å²) in [5.41, 5.74) is 5.12. The van der Waals surface area contributed by atoms with Crippen LogP contribution in [0, 0.1) is 11.8 Å². The number of halogens is 3. The lowest BCUT2D eigenvalue weighted by molar-refractivity contribution is -0.178. The van der Waals surface area contributed by atoms with Crippen LogP contribution in [0.3, 0.4) is 0 Å². The average Bonchev–Trinajstić information content (AvgIpc) is 3.01. The molecule has 0 amide bonds. The van der Waals surface area contributed by atoms with Crippen molar-refractivity contribution >= 4 is 5.97 Å². The number of nitrogens with two attached hydrogens (primary N) is 1. The maximum atomic E-state index is 12.5. The predicted molar refractivity (Wildman–Crippen MR) is 56.1 cm³/mol. The molecule has 1 aliphatic carbocycles. The molecule has 0 unspecified atom stereocenters. The lowest BCUT2D eigenvalue weighted by atomic mass is 9.95. The van der Waals surface area contributed by atoms with Gasteiger partial charge in [0.05, 0.1) is 12.5 Å². The first-order valence-electron chi connectivity index (χ1n) is 5.86. The number of hydrogen-bond acceptors (Lipinski definition) is 3. The van der Waals surface area contributed by atoms with E-state index in [4.69, 9.17) is 10.5 Å². The average molecular weight is 253 g/mol. The van der Waals surface area contributed by atoms with Crippen molar-refractivity contribution in [1.29, 1.82) is 0 Å². The monoisotopic (exact) mass is 253 g/mol. The van der Waals surface area contributed by atoms with E-state index in [0.717, 1.165) is 6.42 Å². The molecule has 100 valence electrons. The first kappa shape index (κ1) is 14.3. The van der Waals surface area contributed by atoms with Crippen molar-refractivity contribution in [3.63, 3.8) is 0 Å². The molecule has 0 aromatic carbocycles. The second-order valence-electron chi connectivity index (χ2n) is 4.45. The van der Waals surface area contributed by atoms with Crippen LogP contribution in [-0.4, -0.2) is 24.8 Å². The Balaban J connectivity index is 2.56. The predicted octanol–water partition coefficient (Wildman–Crippen LogP) is 2.25. The maximum Gasteiger partial charge on any atom is 0.404 e. The highest BCUT2D eigenvalue weighted by atomic mass is 19.4. The van der Waals surface area contributed by atoms with Crippen LogP contribution in [0.5, 0.6) is 0 Å². The summed E-state index contributed by atoms with van der Waals surface area (Å²) in [6.45, 7) is 2.08. The van der Waals surface area contributed by atoms with Crippen LogP contribution in [0.1, 0.15) is 32.6 Å². The van der Waals surface area contributed by atoms with Crippen LogP contribution in [0.4, 0.5) is 13.2 Å². The van der Waals surface area contributed by atoms with E-state index in [1.54, 1.807) is 0 Å². The number of esters is 1. The van der Waals surface area contributed by atoms with Crippen LogP contribution < -0.4 is 5.73 Å². The fourth-order valence-corrected chi connectivity index (χ4v) is 1.70. The van der Waals surface area contributed by atoms with Gasteiger partial charge in [0.15, 0.2) is 0 Å². The first-order valence-corrected chi connectivity index (χ1v) is 5.86.